The van der Waals surface area contributed by atoms with E-state index < -0.39 is 0 Å². The summed E-state index contributed by atoms with van der Waals surface area (Å²) in [7, 11) is 1.87. The fourth-order valence-electron chi connectivity index (χ4n) is 2.43. The van der Waals surface area contributed by atoms with Gasteiger partial charge in [-0.15, -0.1) is 0 Å². The van der Waals surface area contributed by atoms with Crippen LogP contribution >= 0.6 is 0 Å². The van der Waals surface area contributed by atoms with E-state index in [1.807, 2.05) is 49.5 Å². The Bertz CT molecular complexity index is 656. The Morgan fingerprint density at radius 3 is 1.90 bits per heavy atom. The zero-order valence-electron chi connectivity index (χ0n) is 11.9. The molecular formula is C18H17N3. The first-order chi connectivity index (χ1) is 10.4. The van der Waals surface area contributed by atoms with Crippen LogP contribution in [-0.4, -0.2) is 17.0 Å². The zero-order valence-corrected chi connectivity index (χ0v) is 11.9. The van der Waals surface area contributed by atoms with Crippen molar-refractivity contribution in [3.8, 4) is 0 Å². The molecule has 0 aliphatic rings. The molecule has 0 aliphatic carbocycles. The highest BCUT2D eigenvalue weighted by Gasteiger charge is 2.19. The number of hydrogen-bond donors (Lipinski definition) is 1. The third-order valence-electron chi connectivity index (χ3n) is 3.45. The van der Waals surface area contributed by atoms with Gasteiger partial charge in [-0.3, -0.25) is 0 Å². The van der Waals surface area contributed by atoms with Crippen molar-refractivity contribution in [3.05, 3.63) is 89.9 Å². The fraction of sp³-hybridized carbons (Fsp3) is 0.111. The summed E-state index contributed by atoms with van der Waals surface area (Å²) >= 11 is 0. The van der Waals surface area contributed by atoms with Crippen molar-refractivity contribution < 1.29 is 0 Å². The van der Waals surface area contributed by atoms with Crippen LogP contribution in [0.4, 0.5) is 5.82 Å². The van der Waals surface area contributed by atoms with Gasteiger partial charge in [-0.1, -0.05) is 60.7 Å². The second-order valence-corrected chi connectivity index (χ2v) is 4.80. The van der Waals surface area contributed by atoms with Gasteiger partial charge in [-0.2, -0.15) is 0 Å². The van der Waals surface area contributed by atoms with Crippen LogP contribution < -0.4 is 5.32 Å². The first-order valence-electron chi connectivity index (χ1n) is 6.99. The Morgan fingerprint density at radius 2 is 1.38 bits per heavy atom. The average molecular weight is 275 g/mol. The van der Waals surface area contributed by atoms with Crippen LogP contribution in [0.3, 0.4) is 0 Å². The van der Waals surface area contributed by atoms with Crippen molar-refractivity contribution in [2.24, 2.45) is 0 Å². The smallest absolute Gasteiger partial charge is 0.142 e. The third kappa shape index (κ3) is 2.92. The summed E-state index contributed by atoms with van der Waals surface area (Å²) in [6.07, 6.45) is 1.80. The van der Waals surface area contributed by atoms with Gasteiger partial charge in [-0.05, 0) is 17.2 Å². The predicted octanol–water partition coefficient (Wildman–Crippen LogP) is 3.70. The van der Waals surface area contributed by atoms with Gasteiger partial charge < -0.3 is 5.32 Å². The maximum Gasteiger partial charge on any atom is 0.142 e. The molecule has 21 heavy (non-hydrogen) atoms. The van der Waals surface area contributed by atoms with E-state index in [9.17, 15) is 0 Å². The molecule has 1 heterocycles. The molecule has 3 rings (SSSR count). The van der Waals surface area contributed by atoms with Crippen molar-refractivity contribution in [3.63, 3.8) is 0 Å². The van der Waals surface area contributed by atoms with Crippen molar-refractivity contribution >= 4 is 5.82 Å². The summed E-state index contributed by atoms with van der Waals surface area (Å²) < 4.78 is 0. The number of anilines is 1. The Morgan fingerprint density at radius 1 is 0.810 bits per heavy atom. The van der Waals surface area contributed by atoms with E-state index in [0.717, 1.165) is 11.6 Å². The van der Waals surface area contributed by atoms with E-state index in [0.29, 0.717) is 0 Å². The summed E-state index contributed by atoms with van der Waals surface area (Å²) in [5, 5.41) is 3.07. The fourth-order valence-corrected chi connectivity index (χ4v) is 2.43. The number of benzene rings is 2. The second-order valence-electron chi connectivity index (χ2n) is 4.80. The molecule has 0 aliphatic heterocycles. The third-order valence-corrected chi connectivity index (χ3v) is 3.45. The standard InChI is InChI=1S/C18H17N3/c1-19-16-12-13-20-18(21-16)17(14-8-4-2-5-9-14)15-10-6-3-7-11-15/h2-13,17H,1H3,(H,19,20,21). The Balaban J connectivity index is 2.12. The summed E-state index contributed by atoms with van der Waals surface area (Å²) in [4.78, 5) is 9.11. The Kier molecular flexibility index (Phi) is 3.92. The highest BCUT2D eigenvalue weighted by atomic mass is 15.0. The van der Waals surface area contributed by atoms with Gasteiger partial charge in [0, 0.05) is 13.2 Å². The maximum absolute atomic E-state index is 4.62. The van der Waals surface area contributed by atoms with Crippen LogP contribution in [0.25, 0.3) is 0 Å². The van der Waals surface area contributed by atoms with Gasteiger partial charge in [0.15, 0.2) is 0 Å². The first kappa shape index (κ1) is 13.3. The van der Waals surface area contributed by atoms with E-state index >= 15 is 0 Å². The van der Waals surface area contributed by atoms with Crippen molar-refractivity contribution in [2.45, 2.75) is 5.92 Å². The van der Waals surface area contributed by atoms with Crippen LogP contribution in [0.2, 0.25) is 0 Å². The molecule has 0 saturated carbocycles. The van der Waals surface area contributed by atoms with E-state index in [2.05, 4.69) is 39.6 Å². The summed E-state index contributed by atoms with van der Waals surface area (Å²) in [5.74, 6) is 1.68. The summed E-state index contributed by atoms with van der Waals surface area (Å²) in [5.41, 5.74) is 2.38. The minimum atomic E-state index is 0.0423. The lowest BCUT2D eigenvalue weighted by Crippen LogP contribution is -2.09. The normalized spacial score (nSPS) is 10.6. The first-order valence-corrected chi connectivity index (χ1v) is 6.99. The van der Waals surface area contributed by atoms with Gasteiger partial charge >= 0.3 is 0 Å². The molecule has 0 bridgehead atoms. The zero-order chi connectivity index (χ0) is 14.5. The van der Waals surface area contributed by atoms with Crippen LogP contribution in [0.15, 0.2) is 72.9 Å². The van der Waals surface area contributed by atoms with Crippen LogP contribution in [0, 0.1) is 0 Å². The van der Waals surface area contributed by atoms with E-state index in [-0.39, 0.29) is 5.92 Å². The van der Waals surface area contributed by atoms with Gasteiger partial charge in [0.25, 0.3) is 0 Å². The highest BCUT2D eigenvalue weighted by molar-refractivity contribution is 5.41. The molecule has 3 nitrogen and oxygen atoms in total. The van der Waals surface area contributed by atoms with Gasteiger partial charge in [-0.25, -0.2) is 9.97 Å². The summed E-state index contributed by atoms with van der Waals surface area (Å²) in [6, 6.07) is 22.6. The quantitative estimate of drug-likeness (QED) is 0.789. The topological polar surface area (TPSA) is 37.8 Å². The number of rotatable bonds is 4. The SMILES string of the molecule is CNc1ccnc(C(c2ccccc2)c2ccccc2)n1. The molecule has 104 valence electrons. The van der Waals surface area contributed by atoms with Crippen molar-refractivity contribution in [1.82, 2.24) is 9.97 Å². The maximum atomic E-state index is 4.62. The summed E-state index contributed by atoms with van der Waals surface area (Å²) in [6.45, 7) is 0. The van der Waals surface area contributed by atoms with Crippen molar-refractivity contribution in [1.29, 1.82) is 0 Å². The number of hydrogen-bond acceptors (Lipinski definition) is 3. The van der Waals surface area contributed by atoms with Crippen LogP contribution in [0.5, 0.6) is 0 Å². The second kappa shape index (κ2) is 6.18. The lowest BCUT2D eigenvalue weighted by molar-refractivity contribution is 0.856. The van der Waals surface area contributed by atoms with Crippen LogP contribution in [0.1, 0.15) is 22.9 Å². The minimum Gasteiger partial charge on any atom is -0.373 e. The van der Waals surface area contributed by atoms with E-state index in [4.69, 9.17) is 0 Å². The largest absolute Gasteiger partial charge is 0.373 e. The van der Waals surface area contributed by atoms with E-state index in [1.165, 1.54) is 11.1 Å². The van der Waals surface area contributed by atoms with Gasteiger partial charge in [0.05, 0.1) is 5.92 Å². The predicted molar refractivity (Wildman–Crippen MR) is 85.4 cm³/mol. The molecule has 2 aromatic carbocycles. The molecule has 0 fully saturated rings. The van der Waals surface area contributed by atoms with Gasteiger partial charge in [0.1, 0.15) is 11.6 Å². The molecule has 0 unspecified atom stereocenters. The highest BCUT2D eigenvalue weighted by Crippen LogP contribution is 2.29. The Hall–Kier alpha value is -2.68. The molecular weight excluding hydrogens is 258 g/mol. The molecule has 3 aromatic rings. The molecule has 1 aromatic heterocycles. The molecule has 0 spiro atoms. The minimum absolute atomic E-state index is 0.0423. The molecule has 0 amide bonds. The van der Waals surface area contributed by atoms with Gasteiger partial charge in [0.2, 0.25) is 0 Å². The monoisotopic (exact) mass is 275 g/mol. The molecule has 0 atom stereocenters. The molecule has 0 saturated heterocycles. The van der Waals surface area contributed by atoms with Crippen molar-refractivity contribution in [2.75, 3.05) is 12.4 Å². The lowest BCUT2D eigenvalue weighted by Gasteiger charge is -2.17. The lowest BCUT2D eigenvalue weighted by atomic mass is 9.90. The van der Waals surface area contributed by atoms with Crippen LogP contribution in [-0.2, 0) is 0 Å². The number of nitrogens with one attached hydrogen (secondary N) is 1. The number of nitrogens with zero attached hydrogens (tertiary/aromatic N) is 2. The average Bonchev–Trinajstić information content (AvgIpc) is 2.57. The molecule has 3 heteroatoms. The number of aromatic nitrogens is 2. The Labute approximate surface area is 124 Å². The molecule has 0 radical (unpaired) electrons. The molecule has 1 N–H and O–H groups in total. The van der Waals surface area contributed by atoms with E-state index in [1.54, 1.807) is 6.20 Å².